The zero-order chi connectivity index (χ0) is 13.0. The Hall–Kier alpha value is -0.890. The molecule has 0 aromatic heterocycles. The van der Waals surface area contributed by atoms with Gasteiger partial charge in [-0.3, -0.25) is 0 Å². The van der Waals surface area contributed by atoms with Crippen molar-refractivity contribution in [3.63, 3.8) is 0 Å². The number of nitrogens with one attached hydrogen (secondary N) is 1. The van der Waals surface area contributed by atoms with Crippen molar-refractivity contribution in [2.24, 2.45) is 5.92 Å². The molecule has 0 aliphatic carbocycles. The summed E-state index contributed by atoms with van der Waals surface area (Å²) in [6.07, 6.45) is 1.17. The minimum absolute atomic E-state index is 0.0796. The molecule has 0 bridgehead atoms. The van der Waals surface area contributed by atoms with Gasteiger partial charge in [0.15, 0.2) is 0 Å². The second-order valence-electron chi connectivity index (χ2n) is 5.46. The molecule has 1 nitrogen and oxygen atoms in total. The van der Waals surface area contributed by atoms with E-state index in [4.69, 9.17) is 0 Å². The summed E-state index contributed by atoms with van der Waals surface area (Å²) in [7, 11) is 0. The van der Waals surface area contributed by atoms with Crippen molar-refractivity contribution < 1.29 is 4.39 Å². The van der Waals surface area contributed by atoms with E-state index in [1.165, 1.54) is 6.42 Å². The van der Waals surface area contributed by atoms with Crippen LogP contribution in [0.1, 0.15) is 43.9 Å². The second kappa shape index (κ2) is 6.15. The third-order valence-electron chi connectivity index (χ3n) is 2.98. The highest BCUT2D eigenvalue weighted by molar-refractivity contribution is 5.30. The number of rotatable bonds is 5. The van der Waals surface area contributed by atoms with E-state index in [-0.39, 0.29) is 5.82 Å². The van der Waals surface area contributed by atoms with Gasteiger partial charge in [-0.05, 0) is 49.8 Å². The SMILES string of the molecule is Cc1cc(CNC(C)CC(C)C)cc(C)c1F. The normalized spacial score (nSPS) is 13.1. The predicted octanol–water partition coefficient (Wildman–Crippen LogP) is 3.97. The molecular formula is C15H24FN. The summed E-state index contributed by atoms with van der Waals surface area (Å²) in [4.78, 5) is 0. The van der Waals surface area contributed by atoms with Crippen molar-refractivity contribution in [1.29, 1.82) is 0 Å². The Morgan fingerprint density at radius 1 is 1.12 bits per heavy atom. The number of aryl methyl sites for hydroxylation is 2. The highest BCUT2D eigenvalue weighted by Gasteiger charge is 2.07. The maximum absolute atomic E-state index is 13.5. The Kier molecular flexibility index (Phi) is 5.13. The first-order valence-corrected chi connectivity index (χ1v) is 6.39. The monoisotopic (exact) mass is 237 g/mol. The van der Waals surface area contributed by atoms with Gasteiger partial charge in [0.2, 0.25) is 0 Å². The third kappa shape index (κ3) is 4.47. The fourth-order valence-corrected chi connectivity index (χ4v) is 2.22. The summed E-state index contributed by atoms with van der Waals surface area (Å²) in [5.41, 5.74) is 2.63. The summed E-state index contributed by atoms with van der Waals surface area (Å²) in [5.74, 6) is 0.623. The molecule has 0 aliphatic rings. The average Bonchev–Trinajstić information content (AvgIpc) is 2.22. The van der Waals surface area contributed by atoms with E-state index in [9.17, 15) is 4.39 Å². The lowest BCUT2D eigenvalue weighted by Gasteiger charge is -2.16. The van der Waals surface area contributed by atoms with Crippen molar-refractivity contribution in [2.45, 2.75) is 53.6 Å². The summed E-state index contributed by atoms with van der Waals surface area (Å²) in [6.45, 7) is 11.1. The van der Waals surface area contributed by atoms with E-state index in [1.807, 2.05) is 26.0 Å². The van der Waals surface area contributed by atoms with Gasteiger partial charge < -0.3 is 5.32 Å². The van der Waals surface area contributed by atoms with Gasteiger partial charge >= 0.3 is 0 Å². The van der Waals surface area contributed by atoms with E-state index in [1.54, 1.807) is 0 Å². The quantitative estimate of drug-likeness (QED) is 0.817. The highest BCUT2D eigenvalue weighted by atomic mass is 19.1. The van der Waals surface area contributed by atoms with Crippen LogP contribution in [0.2, 0.25) is 0 Å². The largest absolute Gasteiger partial charge is 0.310 e. The van der Waals surface area contributed by atoms with Crippen LogP contribution in [0.5, 0.6) is 0 Å². The minimum Gasteiger partial charge on any atom is -0.310 e. The fourth-order valence-electron chi connectivity index (χ4n) is 2.22. The molecule has 1 unspecified atom stereocenters. The lowest BCUT2D eigenvalue weighted by molar-refractivity contribution is 0.441. The van der Waals surface area contributed by atoms with Gasteiger partial charge in [0.05, 0.1) is 0 Å². The lowest BCUT2D eigenvalue weighted by atomic mass is 10.0. The molecule has 0 saturated heterocycles. The molecule has 1 aromatic carbocycles. The smallest absolute Gasteiger partial charge is 0.129 e. The molecule has 0 radical (unpaired) electrons. The van der Waals surface area contributed by atoms with Crippen molar-refractivity contribution in [3.05, 3.63) is 34.6 Å². The Morgan fingerprint density at radius 3 is 2.12 bits per heavy atom. The minimum atomic E-state index is -0.0796. The first-order chi connectivity index (χ1) is 7.90. The summed E-state index contributed by atoms with van der Waals surface area (Å²) in [6, 6.07) is 4.36. The van der Waals surface area contributed by atoms with Gasteiger partial charge in [-0.15, -0.1) is 0 Å². The fraction of sp³-hybridized carbons (Fsp3) is 0.600. The average molecular weight is 237 g/mol. The van der Waals surface area contributed by atoms with Gasteiger partial charge in [0, 0.05) is 12.6 Å². The molecule has 17 heavy (non-hydrogen) atoms. The van der Waals surface area contributed by atoms with E-state index in [0.29, 0.717) is 12.0 Å². The Balaban J connectivity index is 2.58. The van der Waals surface area contributed by atoms with Crippen molar-refractivity contribution in [2.75, 3.05) is 0 Å². The first-order valence-electron chi connectivity index (χ1n) is 6.39. The maximum Gasteiger partial charge on any atom is 0.129 e. The Morgan fingerprint density at radius 2 is 1.65 bits per heavy atom. The van der Waals surface area contributed by atoms with Gasteiger partial charge in [-0.1, -0.05) is 26.0 Å². The van der Waals surface area contributed by atoms with Gasteiger partial charge in [-0.25, -0.2) is 4.39 Å². The van der Waals surface area contributed by atoms with Gasteiger partial charge in [-0.2, -0.15) is 0 Å². The van der Waals surface area contributed by atoms with Crippen LogP contribution in [0, 0.1) is 25.6 Å². The number of hydrogen-bond donors (Lipinski definition) is 1. The molecule has 96 valence electrons. The van der Waals surface area contributed by atoms with E-state index in [0.717, 1.165) is 23.2 Å². The molecule has 0 spiro atoms. The zero-order valence-electron chi connectivity index (χ0n) is 11.6. The Bertz CT molecular complexity index is 348. The highest BCUT2D eigenvalue weighted by Crippen LogP contribution is 2.15. The topological polar surface area (TPSA) is 12.0 Å². The van der Waals surface area contributed by atoms with Crippen molar-refractivity contribution in [3.8, 4) is 0 Å². The van der Waals surface area contributed by atoms with Crippen molar-refractivity contribution >= 4 is 0 Å². The molecule has 2 heteroatoms. The van der Waals surface area contributed by atoms with Crippen molar-refractivity contribution in [1.82, 2.24) is 5.32 Å². The lowest BCUT2D eigenvalue weighted by Crippen LogP contribution is -2.26. The van der Waals surface area contributed by atoms with E-state index in [2.05, 4.69) is 26.1 Å². The molecule has 0 fully saturated rings. The van der Waals surface area contributed by atoms with Gasteiger partial charge in [0.1, 0.15) is 5.82 Å². The van der Waals surface area contributed by atoms with Crippen LogP contribution >= 0.6 is 0 Å². The van der Waals surface area contributed by atoms with E-state index < -0.39 is 0 Å². The molecule has 1 aromatic rings. The van der Waals surface area contributed by atoms with Crippen LogP contribution in [-0.4, -0.2) is 6.04 Å². The standard InChI is InChI=1S/C15H24FN/c1-10(2)6-13(5)17-9-14-7-11(3)15(16)12(4)8-14/h7-8,10,13,17H,6,9H2,1-5H3. The van der Waals surface area contributed by atoms with Crippen LogP contribution in [0.25, 0.3) is 0 Å². The summed E-state index contributed by atoms with van der Waals surface area (Å²) < 4.78 is 13.5. The molecular weight excluding hydrogens is 213 g/mol. The van der Waals surface area contributed by atoms with Crippen LogP contribution in [-0.2, 0) is 6.54 Å². The number of halogens is 1. The molecule has 0 heterocycles. The van der Waals surface area contributed by atoms with Crippen LogP contribution < -0.4 is 5.32 Å². The molecule has 0 saturated carbocycles. The molecule has 0 amide bonds. The van der Waals surface area contributed by atoms with Crippen LogP contribution in [0.3, 0.4) is 0 Å². The summed E-state index contributed by atoms with van der Waals surface area (Å²) >= 11 is 0. The second-order valence-corrected chi connectivity index (χ2v) is 5.46. The Labute approximate surface area is 104 Å². The van der Waals surface area contributed by atoms with Gasteiger partial charge in [0.25, 0.3) is 0 Å². The van der Waals surface area contributed by atoms with E-state index >= 15 is 0 Å². The predicted molar refractivity (Wildman–Crippen MR) is 71.6 cm³/mol. The van der Waals surface area contributed by atoms with Crippen LogP contribution in [0.15, 0.2) is 12.1 Å². The molecule has 1 N–H and O–H groups in total. The molecule has 0 aliphatic heterocycles. The number of benzene rings is 1. The molecule has 1 atom stereocenters. The van der Waals surface area contributed by atoms with Crippen LogP contribution in [0.4, 0.5) is 4.39 Å². The molecule has 1 rings (SSSR count). The first kappa shape index (κ1) is 14.2. The number of hydrogen-bond acceptors (Lipinski definition) is 1. The summed E-state index contributed by atoms with van der Waals surface area (Å²) in [5, 5.41) is 3.48. The third-order valence-corrected chi connectivity index (χ3v) is 2.98. The maximum atomic E-state index is 13.5. The zero-order valence-corrected chi connectivity index (χ0v) is 11.6.